The summed E-state index contributed by atoms with van der Waals surface area (Å²) in [5, 5.41) is 2.11. The van der Waals surface area contributed by atoms with Crippen molar-refractivity contribution in [3.8, 4) is 0 Å². The van der Waals surface area contributed by atoms with E-state index >= 15 is 0 Å². The zero-order valence-corrected chi connectivity index (χ0v) is 7.07. The lowest BCUT2D eigenvalue weighted by molar-refractivity contribution is -0.145. The second-order valence-electron chi connectivity index (χ2n) is 2.46. The van der Waals surface area contributed by atoms with E-state index in [1.165, 1.54) is 6.92 Å². The molecule has 0 atom stereocenters. The molecule has 0 fully saturated rings. The van der Waals surface area contributed by atoms with E-state index in [9.17, 15) is 13.6 Å². The maximum absolute atomic E-state index is 12.5. The lowest BCUT2D eigenvalue weighted by Gasteiger charge is -2.13. The van der Waals surface area contributed by atoms with Gasteiger partial charge in [0, 0.05) is 13.0 Å². The lowest BCUT2D eigenvalue weighted by atomic mass is 10.2. The number of nitrogens with one attached hydrogen (secondary N) is 1. The molecule has 0 unspecified atom stereocenters. The number of alkyl halides is 2. The number of nitrogens with two attached hydrogens (primary N) is 1. The van der Waals surface area contributed by atoms with Crippen LogP contribution in [0, 0.1) is 0 Å². The second-order valence-corrected chi connectivity index (χ2v) is 2.46. The third kappa shape index (κ3) is 3.61. The van der Waals surface area contributed by atoms with Crippen molar-refractivity contribution >= 4 is 5.91 Å². The lowest BCUT2D eigenvalue weighted by Crippen LogP contribution is -2.40. The first kappa shape index (κ1) is 11.3. The predicted octanol–water partition coefficient (Wildman–Crippen LogP) is 0.497. The smallest absolute Gasteiger partial charge is 0.324 e. The first-order valence-corrected chi connectivity index (χ1v) is 3.90. The van der Waals surface area contributed by atoms with Gasteiger partial charge < -0.3 is 11.1 Å². The zero-order valence-electron chi connectivity index (χ0n) is 7.07. The van der Waals surface area contributed by atoms with Gasteiger partial charge in [0.2, 0.25) is 0 Å². The van der Waals surface area contributed by atoms with E-state index in [1.54, 1.807) is 0 Å². The van der Waals surface area contributed by atoms with Crippen LogP contribution in [0.1, 0.15) is 19.8 Å². The van der Waals surface area contributed by atoms with Crippen LogP contribution in [0.2, 0.25) is 0 Å². The zero-order chi connectivity index (χ0) is 9.61. The fourth-order valence-corrected chi connectivity index (χ4v) is 0.594. The van der Waals surface area contributed by atoms with Gasteiger partial charge >= 0.3 is 5.92 Å². The Morgan fingerprint density at radius 1 is 1.58 bits per heavy atom. The molecule has 12 heavy (non-hydrogen) atoms. The van der Waals surface area contributed by atoms with E-state index < -0.39 is 18.3 Å². The summed E-state index contributed by atoms with van der Waals surface area (Å²) in [6.45, 7) is 1.87. The second kappa shape index (κ2) is 5.03. The molecule has 0 aliphatic carbocycles. The summed E-state index contributed by atoms with van der Waals surface area (Å²) in [5.74, 6) is -4.45. The molecule has 0 saturated carbocycles. The molecule has 1 amide bonds. The summed E-state index contributed by atoms with van der Waals surface area (Å²) in [4.78, 5) is 10.7. The van der Waals surface area contributed by atoms with Crippen LogP contribution in [-0.2, 0) is 4.79 Å². The molecule has 3 nitrogen and oxygen atoms in total. The molecular formula is C7H14F2N2O. The van der Waals surface area contributed by atoms with Crippen LogP contribution >= 0.6 is 0 Å². The van der Waals surface area contributed by atoms with Crippen LogP contribution in [0.25, 0.3) is 0 Å². The van der Waals surface area contributed by atoms with Crippen molar-refractivity contribution in [3.05, 3.63) is 0 Å². The highest BCUT2D eigenvalue weighted by atomic mass is 19.3. The van der Waals surface area contributed by atoms with Crippen LogP contribution in [-0.4, -0.2) is 24.9 Å². The maximum atomic E-state index is 12.5. The van der Waals surface area contributed by atoms with Crippen LogP contribution in [0.15, 0.2) is 0 Å². The van der Waals surface area contributed by atoms with E-state index in [4.69, 9.17) is 5.73 Å². The molecular weight excluding hydrogens is 166 g/mol. The summed E-state index contributed by atoms with van der Waals surface area (Å²) in [7, 11) is 0. The molecule has 0 aromatic carbocycles. The van der Waals surface area contributed by atoms with Crippen molar-refractivity contribution < 1.29 is 13.6 Å². The Balaban J connectivity index is 3.72. The van der Waals surface area contributed by atoms with Crippen LogP contribution < -0.4 is 11.1 Å². The topological polar surface area (TPSA) is 55.1 Å². The SMILES string of the molecule is CCC(F)(F)C(=O)NCCCN. The van der Waals surface area contributed by atoms with Gasteiger partial charge in [-0.3, -0.25) is 4.79 Å². The molecule has 72 valence electrons. The molecule has 5 heteroatoms. The Morgan fingerprint density at radius 2 is 2.17 bits per heavy atom. The monoisotopic (exact) mass is 180 g/mol. The minimum absolute atomic E-state index is 0.213. The first-order valence-electron chi connectivity index (χ1n) is 3.90. The Labute approximate surface area is 70.3 Å². The normalized spacial score (nSPS) is 11.3. The third-order valence-corrected chi connectivity index (χ3v) is 1.44. The molecule has 0 aromatic heterocycles. The number of carbonyl (C=O) groups excluding carboxylic acids is 1. The van der Waals surface area contributed by atoms with Crippen molar-refractivity contribution in [1.82, 2.24) is 5.32 Å². The fourth-order valence-electron chi connectivity index (χ4n) is 0.594. The van der Waals surface area contributed by atoms with Gasteiger partial charge in [-0.25, -0.2) is 0 Å². The largest absolute Gasteiger partial charge is 0.351 e. The van der Waals surface area contributed by atoms with Crippen molar-refractivity contribution in [2.45, 2.75) is 25.7 Å². The summed E-state index contributed by atoms with van der Waals surface area (Å²) in [5.41, 5.74) is 5.12. The standard InChI is InChI=1S/C7H14F2N2O/c1-2-7(8,9)6(12)11-5-3-4-10/h2-5,10H2,1H3,(H,11,12). The van der Waals surface area contributed by atoms with Gasteiger partial charge in [0.1, 0.15) is 0 Å². The minimum Gasteiger partial charge on any atom is -0.351 e. The molecule has 0 bridgehead atoms. The van der Waals surface area contributed by atoms with Gasteiger partial charge in [-0.2, -0.15) is 8.78 Å². The fraction of sp³-hybridized carbons (Fsp3) is 0.857. The average molecular weight is 180 g/mol. The summed E-state index contributed by atoms with van der Waals surface area (Å²) in [6.07, 6.45) is 0.0486. The van der Waals surface area contributed by atoms with Crippen LogP contribution in [0.4, 0.5) is 8.78 Å². The van der Waals surface area contributed by atoms with Gasteiger partial charge in [0.25, 0.3) is 5.91 Å². The summed E-state index contributed by atoms with van der Waals surface area (Å²) >= 11 is 0. The molecule has 0 aliphatic rings. The maximum Gasteiger partial charge on any atom is 0.324 e. The highest BCUT2D eigenvalue weighted by molar-refractivity contribution is 5.83. The quantitative estimate of drug-likeness (QED) is 0.605. The molecule has 0 aliphatic heterocycles. The molecule has 0 aromatic rings. The molecule has 0 spiro atoms. The molecule has 0 rings (SSSR count). The molecule has 3 N–H and O–H groups in total. The van der Waals surface area contributed by atoms with Crippen molar-refractivity contribution in [3.63, 3.8) is 0 Å². The Kier molecular flexibility index (Phi) is 4.73. The molecule has 0 heterocycles. The Bertz CT molecular complexity index is 150. The molecule has 0 saturated heterocycles. The number of hydrogen-bond donors (Lipinski definition) is 2. The Morgan fingerprint density at radius 3 is 2.58 bits per heavy atom. The highest BCUT2D eigenvalue weighted by Crippen LogP contribution is 2.17. The van der Waals surface area contributed by atoms with E-state index in [-0.39, 0.29) is 6.54 Å². The summed E-state index contributed by atoms with van der Waals surface area (Å²) < 4.78 is 25.1. The number of rotatable bonds is 5. The van der Waals surface area contributed by atoms with Gasteiger partial charge in [-0.15, -0.1) is 0 Å². The summed E-state index contributed by atoms with van der Waals surface area (Å²) in [6, 6.07) is 0. The van der Waals surface area contributed by atoms with E-state index in [0.717, 1.165) is 0 Å². The van der Waals surface area contributed by atoms with Gasteiger partial charge in [0.05, 0.1) is 0 Å². The average Bonchev–Trinajstić information content (AvgIpc) is 2.05. The minimum atomic E-state index is -3.24. The van der Waals surface area contributed by atoms with Gasteiger partial charge in [-0.1, -0.05) is 6.92 Å². The number of carbonyl (C=O) groups is 1. The predicted molar refractivity (Wildman–Crippen MR) is 41.9 cm³/mol. The number of hydrogen-bond acceptors (Lipinski definition) is 2. The third-order valence-electron chi connectivity index (χ3n) is 1.44. The van der Waals surface area contributed by atoms with E-state index in [2.05, 4.69) is 5.32 Å². The van der Waals surface area contributed by atoms with Crippen LogP contribution in [0.3, 0.4) is 0 Å². The van der Waals surface area contributed by atoms with Crippen molar-refractivity contribution in [2.24, 2.45) is 5.73 Å². The van der Waals surface area contributed by atoms with E-state index in [0.29, 0.717) is 13.0 Å². The number of halogens is 2. The van der Waals surface area contributed by atoms with Gasteiger partial charge in [-0.05, 0) is 13.0 Å². The van der Waals surface area contributed by atoms with Gasteiger partial charge in [0.15, 0.2) is 0 Å². The van der Waals surface area contributed by atoms with E-state index in [1.807, 2.05) is 0 Å². The number of amides is 1. The van der Waals surface area contributed by atoms with Crippen molar-refractivity contribution in [2.75, 3.05) is 13.1 Å². The highest BCUT2D eigenvalue weighted by Gasteiger charge is 2.35. The Hall–Kier alpha value is -0.710. The van der Waals surface area contributed by atoms with Crippen LogP contribution in [0.5, 0.6) is 0 Å². The van der Waals surface area contributed by atoms with Crippen molar-refractivity contribution in [1.29, 1.82) is 0 Å². The molecule has 0 radical (unpaired) electrons. The first-order chi connectivity index (χ1) is 5.54.